The van der Waals surface area contributed by atoms with Gasteiger partial charge in [0.1, 0.15) is 19.0 Å². The zero-order valence-corrected chi connectivity index (χ0v) is 14.4. The molecule has 3 aromatic rings. The highest BCUT2D eigenvalue weighted by molar-refractivity contribution is 5.66. The van der Waals surface area contributed by atoms with Gasteiger partial charge in [0.2, 0.25) is 0 Å². The summed E-state index contributed by atoms with van der Waals surface area (Å²) in [5, 5.41) is 8.35. The quantitative estimate of drug-likeness (QED) is 0.734. The van der Waals surface area contributed by atoms with E-state index in [9.17, 15) is 0 Å². The molecular weight excluding hydrogens is 318 g/mol. The topological polar surface area (TPSA) is 58.4 Å². The van der Waals surface area contributed by atoms with Crippen LogP contribution in [0.15, 0.2) is 36.5 Å². The normalized spacial score (nSPS) is 12.9. The number of rotatable bonds is 3. The summed E-state index contributed by atoms with van der Waals surface area (Å²) < 4.78 is 18.6. The minimum atomic E-state index is 0.558. The van der Waals surface area contributed by atoms with Crippen LogP contribution in [0.4, 0.5) is 0 Å². The lowest BCUT2D eigenvalue weighted by molar-refractivity contribution is 0.171. The molecule has 0 radical (unpaired) electrons. The molecule has 6 nitrogen and oxygen atoms in total. The molecule has 6 heteroatoms. The van der Waals surface area contributed by atoms with E-state index >= 15 is 0 Å². The minimum absolute atomic E-state index is 0.558. The number of methoxy groups -OCH3 is 1. The second kappa shape index (κ2) is 6.12. The maximum absolute atomic E-state index is 5.68. The van der Waals surface area contributed by atoms with Crippen LogP contribution in [0.25, 0.3) is 16.9 Å². The summed E-state index contributed by atoms with van der Waals surface area (Å²) in [5.74, 6) is 2.34. The first-order valence-corrected chi connectivity index (χ1v) is 8.13. The first kappa shape index (κ1) is 15.5. The van der Waals surface area contributed by atoms with Crippen LogP contribution in [-0.4, -0.2) is 35.3 Å². The van der Waals surface area contributed by atoms with Gasteiger partial charge >= 0.3 is 0 Å². The average Bonchev–Trinajstić information content (AvgIpc) is 3.13. The number of ether oxygens (including phenoxy) is 3. The van der Waals surface area contributed by atoms with E-state index in [2.05, 4.69) is 23.3 Å². The Kier molecular flexibility index (Phi) is 3.80. The third kappa shape index (κ3) is 2.69. The molecule has 0 aliphatic carbocycles. The second-order valence-electron chi connectivity index (χ2n) is 5.98. The Balaban J connectivity index is 1.80. The Morgan fingerprint density at radius 1 is 1.04 bits per heavy atom. The zero-order chi connectivity index (χ0) is 17.4. The van der Waals surface area contributed by atoms with Gasteiger partial charge in [-0.2, -0.15) is 0 Å². The predicted octanol–water partition coefficient (Wildman–Crippen LogP) is 3.33. The molecule has 0 atom stereocenters. The van der Waals surface area contributed by atoms with Crippen LogP contribution in [0.3, 0.4) is 0 Å². The van der Waals surface area contributed by atoms with Crippen LogP contribution in [0.2, 0.25) is 0 Å². The van der Waals surface area contributed by atoms with Crippen molar-refractivity contribution < 1.29 is 14.2 Å². The Hall–Kier alpha value is -3.02. The Morgan fingerprint density at radius 2 is 1.84 bits per heavy atom. The lowest BCUT2D eigenvalue weighted by atomic mass is 10.1. The fraction of sp³-hybridized carbons (Fsp3) is 0.263. The van der Waals surface area contributed by atoms with Gasteiger partial charge in [-0.15, -0.1) is 5.10 Å². The van der Waals surface area contributed by atoms with Gasteiger partial charge in [-0.05, 0) is 49.2 Å². The number of aryl methyl sites for hydroxylation is 1. The maximum Gasteiger partial charge on any atom is 0.162 e. The average molecular weight is 337 g/mol. The highest BCUT2D eigenvalue weighted by atomic mass is 16.6. The molecule has 0 spiro atoms. The predicted molar refractivity (Wildman–Crippen MR) is 93.8 cm³/mol. The van der Waals surface area contributed by atoms with Crippen LogP contribution in [0, 0.1) is 13.8 Å². The SMILES string of the molecule is COc1cc(-n2nncc2-c2ccc3c(c2)OCCO3)cc(C)c1C. The molecule has 0 saturated heterocycles. The molecule has 0 N–H and O–H groups in total. The summed E-state index contributed by atoms with van der Waals surface area (Å²) in [7, 11) is 1.68. The molecule has 0 unspecified atom stereocenters. The van der Waals surface area contributed by atoms with Crippen molar-refractivity contribution in [3.05, 3.63) is 47.7 Å². The van der Waals surface area contributed by atoms with E-state index in [4.69, 9.17) is 14.2 Å². The van der Waals surface area contributed by atoms with E-state index in [1.165, 1.54) is 0 Å². The van der Waals surface area contributed by atoms with E-state index in [0.717, 1.165) is 45.3 Å². The number of hydrogen-bond donors (Lipinski definition) is 0. The van der Waals surface area contributed by atoms with Crippen LogP contribution in [0.1, 0.15) is 11.1 Å². The smallest absolute Gasteiger partial charge is 0.162 e. The Morgan fingerprint density at radius 3 is 2.64 bits per heavy atom. The molecule has 2 aromatic carbocycles. The fourth-order valence-corrected chi connectivity index (χ4v) is 2.97. The monoisotopic (exact) mass is 337 g/mol. The van der Waals surface area contributed by atoms with Gasteiger partial charge in [0.05, 0.1) is 24.7 Å². The first-order valence-electron chi connectivity index (χ1n) is 8.13. The van der Waals surface area contributed by atoms with E-state index in [1.54, 1.807) is 18.0 Å². The molecule has 0 amide bonds. The molecule has 1 aromatic heterocycles. The zero-order valence-electron chi connectivity index (χ0n) is 14.4. The summed E-state index contributed by atoms with van der Waals surface area (Å²) in [6.07, 6.45) is 1.74. The van der Waals surface area contributed by atoms with Crippen LogP contribution in [-0.2, 0) is 0 Å². The number of benzene rings is 2. The molecule has 1 aliphatic heterocycles. The molecule has 0 saturated carbocycles. The molecule has 4 rings (SSSR count). The van der Waals surface area contributed by atoms with E-state index < -0.39 is 0 Å². The van der Waals surface area contributed by atoms with Crippen LogP contribution < -0.4 is 14.2 Å². The van der Waals surface area contributed by atoms with Gasteiger partial charge in [-0.25, -0.2) is 4.68 Å². The summed E-state index contributed by atoms with van der Waals surface area (Å²) in [6, 6.07) is 9.91. The lowest BCUT2D eigenvalue weighted by Crippen LogP contribution is -2.15. The highest BCUT2D eigenvalue weighted by Gasteiger charge is 2.16. The number of aromatic nitrogens is 3. The largest absolute Gasteiger partial charge is 0.496 e. The van der Waals surface area contributed by atoms with Gasteiger partial charge in [0.15, 0.2) is 11.5 Å². The van der Waals surface area contributed by atoms with Crippen LogP contribution >= 0.6 is 0 Å². The summed E-state index contributed by atoms with van der Waals surface area (Å²) in [4.78, 5) is 0. The summed E-state index contributed by atoms with van der Waals surface area (Å²) in [6.45, 7) is 5.24. The van der Waals surface area contributed by atoms with Crippen molar-refractivity contribution in [2.45, 2.75) is 13.8 Å². The van der Waals surface area contributed by atoms with Crippen molar-refractivity contribution in [1.29, 1.82) is 0 Å². The van der Waals surface area contributed by atoms with Crippen molar-refractivity contribution in [2.75, 3.05) is 20.3 Å². The fourth-order valence-electron chi connectivity index (χ4n) is 2.97. The van der Waals surface area contributed by atoms with E-state index in [-0.39, 0.29) is 0 Å². The first-order chi connectivity index (χ1) is 12.2. The van der Waals surface area contributed by atoms with Crippen molar-refractivity contribution in [3.8, 4) is 34.2 Å². The number of nitrogens with zero attached hydrogens (tertiary/aromatic N) is 3. The van der Waals surface area contributed by atoms with Gasteiger partial charge in [-0.3, -0.25) is 0 Å². The van der Waals surface area contributed by atoms with Gasteiger partial charge in [0.25, 0.3) is 0 Å². The van der Waals surface area contributed by atoms with Crippen molar-refractivity contribution in [2.24, 2.45) is 0 Å². The molecule has 128 valence electrons. The third-order valence-electron chi connectivity index (χ3n) is 4.46. The van der Waals surface area contributed by atoms with E-state index in [0.29, 0.717) is 13.2 Å². The number of hydrogen-bond acceptors (Lipinski definition) is 5. The van der Waals surface area contributed by atoms with Crippen LogP contribution in [0.5, 0.6) is 17.2 Å². The molecular formula is C19H19N3O3. The molecule has 1 aliphatic rings. The summed E-state index contributed by atoms with van der Waals surface area (Å²) >= 11 is 0. The molecule has 0 bridgehead atoms. The molecule has 0 fully saturated rings. The molecule has 25 heavy (non-hydrogen) atoms. The van der Waals surface area contributed by atoms with Crippen molar-refractivity contribution in [3.63, 3.8) is 0 Å². The third-order valence-corrected chi connectivity index (χ3v) is 4.46. The van der Waals surface area contributed by atoms with E-state index in [1.807, 2.05) is 31.2 Å². The number of fused-ring (bicyclic) bond motifs is 1. The Bertz CT molecular complexity index is 934. The van der Waals surface area contributed by atoms with Gasteiger partial charge in [-0.1, -0.05) is 5.21 Å². The minimum Gasteiger partial charge on any atom is -0.496 e. The molecule has 2 heterocycles. The second-order valence-corrected chi connectivity index (χ2v) is 5.98. The highest BCUT2D eigenvalue weighted by Crippen LogP contribution is 2.35. The van der Waals surface area contributed by atoms with Crippen molar-refractivity contribution in [1.82, 2.24) is 15.0 Å². The lowest BCUT2D eigenvalue weighted by Gasteiger charge is -2.19. The summed E-state index contributed by atoms with van der Waals surface area (Å²) in [5.41, 5.74) is 5.00. The van der Waals surface area contributed by atoms with Gasteiger partial charge < -0.3 is 14.2 Å². The maximum atomic E-state index is 5.68. The van der Waals surface area contributed by atoms with Crippen molar-refractivity contribution >= 4 is 0 Å². The Labute approximate surface area is 146 Å². The standard InChI is InChI=1S/C19H19N3O3/c1-12-8-15(10-18(23-3)13(12)2)22-16(11-20-21-22)14-4-5-17-19(9-14)25-7-6-24-17/h4-5,8-11H,6-7H2,1-3H3. The van der Waals surface area contributed by atoms with Gasteiger partial charge in [0, 0.05) is 11.6 Å².